The van der Waals surface area contributed by atoms with Crippen LogP contribution in [0, 0.1) is 17.2 Å². The molecule has 5 heteroatoms. The molecule has 0 bridgehead atoms. The summed E-state index contributed by atoms with van der Waals surface area (Å²) in [5, 5.41) is 8.78. The summed E-state index contributed by atoms with van der Waals surface area (Å²) in [6.07, 6.45) is 2.91. The largest absolute Gasteiger partial charge is 0.293 e. The minimum Gasteiger partial charge on any atom is -0.293 e. The van der Waals surface area contributed by atoms with Crippen molar-refractivity contribution >= 4 is 12.2 Å². The molecule has 2 fully saturated rings. The van der Waals surface area contributed by atoms with E-state index in [0.29, 0.717) is 0 Å². The Bertz CT molecular complexity index is 231. The molecule has 0 amide bonds. The Morgan fingerprint density at radius 1 is 1.46 bits per heavy atom. The van der Waals surface area contributed by atoms with Gasteiger partial charge in [0, 0.05) is 13.0 Å². The van der Waals surface area contributed by atoms with E-state index < -0.39 is 0 Å². The van der Waals surface area contributed by atoms with Crippen LogP contribution < -0.4 is 0 Å². The van der Waals surface area contributed by atoms with Crippen molar-refractivity contribution in [1.29, 1.82) is 5.26 Å². The van der Waals surface area contributed by atoms with E-state index >= 15 is 0 Å². The van der Waals surface area contributed by atoms with Gasteiger partial charge in [-0.3, -0.25) is 9.02 Å². The Morgan fingerprint density at radius 3 is 3.08 bits per heavy atom. The van der Waals surface area contributed by atoms with Gasteiger partial charge in [-0.1, -0.05) is 0 Å². The van der Waals surface area contributed by atoms with Gasteiger partial charge in [0.05, 0.1) is 6.07 Å². The highest BCUT2D eigenvalue weighted by molar-refractivity contribution is 7.92. The molecule has 1 aliphatic heterocycles. The van der Waals surface area contributed by atoms with Crippen LogP contribution in [0.3, 0.4) is 0 Å². The summed E-state index contributed by atoms with van der Waals surface area (Å²) >= 11 is 1.24. The summed E-state index contributed by atoms with van der Waals surface area (Å²) < 4.78 is 7.11. The molecule has 0 aromatic carbocycles. The van der Waals surface area contributed by atoms with Gasteiger partial charge in [0.1, 0.15) is 24.4 Å². The molecule has 0 aromatic heterocycles. The van der Waals surface area contributed by atoms with E-state index in [-0.39, 0.29) is 18.1 Å². The Labute approximate surface area is 82.1 Å². The molecular weight excluding hydrogens is 188 g/mol. The van der Waals surface area contributed by atoms with Crippen LogP contribution in [0.5, 0.6) is 0 Å². The first-order chi connectivity index (χ1) is 6.29. The van der Waals surface area contributed by atoms with Crippen LogP contribution in [-0.4, -0.2) is 23.7 Å². The summed E-state index contributed by atoms with van der Waals surface area (Å²) in [6.45, 7) is 0. The molecule has 3 atom stereocenters. The molecule has 1 aliphatic carbocycles. The maximum atomic E-state index is 8.78. The second kappa shape index (κ2) is 3.84. The maximum absolute atomic E-state index is 8.78. The van der Waals surface area contributed by atoms with Gasteiger partial charge < -0.3 is 0 Å². The molecule has 0 radical (unpaired) electrons. The topological polar surface area (TPSA) is 45.5 Å². The molecule has 0 N–H and O–H groups in total. The second-order valence-electron chi connectivity index (χ2n) is 3.43. The number of hydrogen-bond donors (Lipinski definition) is 0. The summed E-state index contributed by atoms with van der Waals surface area (Å²) in [5.41, 5.74) is 0. The third-order valence-electron chi connectivity index (χ3n) is 2.47. The SMILES string of the molecule is CN1OC2CC(C#N)CCC2OS1. The van der Waals surface area contributed by atoms with Crippen molar-refractivity contribution in [3.63, 3.8) is 0 Å². The van der Waals surface area contributed by atoms with Crippen LogP contribution in [0.1, 0.15) is 19.3 Å². The smallest absolute Gasteiger partial charge is 0.109 e. The predicted molar refractivity (Wildman–Crippen MR) is 48.1 cm³/mol. The lowest BCUT2D eigenvalue weighted by Gasteiger charge is -2.38. The summed E-state index contributed by atoms with van der Waals surface area (Å²) in [6, 6.07) is 2.29. The monoisotopic (exact) mass is 200 g/mol. The van der Waals surface area contributed by atoms with Gasteiger partial charge in [0.2, 0.25) is 0 Å². The molecule has 1 saturated heterocycles. The zero-order valence-corrected chi connectivity index (χ0v) is 8.29. The number of hydrogen-bond acceptors (Lipinski definition) is 5. The van der Waals surface area contributed by atoms with Crippen LogP contribution in [0.2, 0.25) is 0 Å². The predicted octanol–water partition coefficient (Wildman–Crippen LogP) is 1.50. The molecule has 1 saturated carbocycles. The van der Waals surface area contributed by atoms with Gasteiger partial charge in [0.15, 0.2) is 0 Å². The maximum Gasteiger partial charge on any atom is 0.109 e. The Balaban J connectivity index is 1.96. The zero-order chi connectivity index (χ0) is 9.26. The fourth-order valence-electron chi connectivity index (χ4n) is 1.76. The van der Waals surface area contributed by atoms with Crippen LogP contribution in [0.4, 0.5) is 0 Å². The number of fused-ring (bicyclic) bond motifs is 1. The van der Waals surface area contributed by atoms with Crippen molar-refractivity contribution in [3.8, 4) is 6.07 Å². The van der Waals surface area contributed by atoms with E-state index in [1.54, 1.807) is 4.47 Å². The molecule has 72 valence electrons. The van der Waals surface area contributed by atoms with Crippen molar-refractivity contribution in [2.75, 3.05) is 7.05 Å². The third-order valence-corrected chi connectivity index (χ3v) is 3.10. The van der Waals surface area contributed by atoms with E-state index in [2.05, 4.69) is 6.07 Å². The highest BCUT2D eigenvalue weighted by atomic mass is 32.2. The minimum atomic E-state index is 0.0737. The van der Waals surface area contributed by atoms with Crippen molar-refractivity contribution < 1.29 is 9.02 Å². The van der Waals surface area contributed by atoms with Gasteiger partial charge in [-0.25, -0.2) is 0 Å². The van der Waals surface area contributed by atoms with Crippen molar-refractivity contribution in [3.05, 3.63) is 0 Å². The third kappa shape index (κ3) is 1.97. The second-order valence-corrected chi connectivity index (χ2v) is 4.29. The van der Waals surface area contributed by atoms with Gasteiger partial charge in [0.25, 0.3) is 0 Å². The number of rotatable bonds is 0. The molecule has 3 unspecified atom stereocenters. The molecule has 2 rings (SSSR count). The number of nitrogens with zero attached hydrogens (tertiary/aromatic N) is 2. The van der Waals surface area contributed by atoms with Crippen molar-refractivity contribution in [2.45, 2.75) is 31.5 Å². The van der Waals surface area contributed by atoms with E-state index in [1.165, 1.54) is 12.2 Å². The van der Waals surface area contributed by atoms with Crippen LogP contribution >= 0.6 is 12.2 Å². The normalized spacial score (nSPS) is 40.8. The quantitative estimate of drug-likeness (QED) is 0.438. The first-order valence-electron chi connectivity index (χ1n) is 4.43. The average Bonchev–Trinajstić information content (AvgIpc) is 2.16. The van der Waals surface area contributed by atoms with E-state index in [1.807, 2.05) is 7.05 Å². The molecule has 2 aliphatic rings. The lowest BCUT2D eigenvalue weighted by atomic mass is 9.86. The molecule has 1 heterocycles. The molecule has 0 spiro atoms. The lowest BCUT2D eigenvalue weighted by molar-refractivity contribution is -0.185. The van der Waals surface area contributed by atoms with Gasteiger partial charge in [-0.05, 0) is 19.3 Å². The first kappa shape index (κ1) is 9.28. The van der Waals surface area contributed by atoms with Gasteiger partial charge >= 0.3 is 0 Å². The highest BCUT2D eigenvalue weighted by Crippen LogP contribution is 2.35. The van der Waals surface area contributed by atoms with E-state index in [9.17, 15) is 0 Å². The fraction of sp³-hybridized carbons (Fsp3) is 0.875. The van der Waals surface area contributed by atoms with Crippen LogP contribution in [-0.2, 0) is 9.02 Å². The number of nitriles is 1. The lowest BCUT2D eigenvalue weighted by Crippen LogP contribution is -2.43. The molecule has 0 aromatic rings. The van der Waals surface area contributed by atoms with Crippen molar-refractivity contribution in [1.82, 2.24) is 4.47 Å². The molecular formula is C8H12N2O2S. The molecule has 4 nitrogen and oxygen atoms in total. The number of hydroxylamine groups is 1. The van der Waals surface area contributed by atoms with Crippen LogP contribution in [0.15, 0.2) is 0 Å². The van der Waals surface area contributed by atoms with Crippen LogP contribution in [0.25, 0.3) is 0 Å². The summed E-state index contributed by atoms with van der Waals surface area (Å²) in [7, 11) is 1.82. The van der Waals surface area contributed by atoms with Crippen molar-refractivity contribution in [2.24, 2.45) is 5.92 Å². The van der Waals surface area contributed by atoms with Gasteiger partial charge in [-0.15, -0.1) is 4.47 Å². The minimum absolute atomic E-state index is 0.0737. The average molecular weight is 200 g/mol. The Hall–Kier alpha value is -0.280. The van der Waals surface area contributed by atoms with E-state index in [0.717, 1.165) is 19.3 Å². The first-order valence-corrected chi connectivity index (χ1v) is 5.13. The van der Waals surface area contributed by atoms with Gasteiger partial charge in [-0.2, -0.15) is 5.26 Å². The summed E-state index contributed by atoms with van der Waals surface area (Å²) in [4.78, 5) is 5.54. The summed E-state index contributed by atoms with van der Waals surface area (Å²) in [5.74, 6) is 0.140. The molecule has 13 heavy (non-hydrogen) atoms. The Kier molecular flexibility index (Phi) is 2.74. The fourth-order valence-corrected chi connectivity index (χ4v) is 2.36. The zero-order valence-electron chi connectivity index (χ0n) is 7.47. The standard InChI is InChI=1S/C8H12N2O2S/c1-10-11-8-4-6(5-9)2-3-7(8)12-13-10/h6-8H,2-4H2,1H3. The Morgan fingerprint density at radius 2 is 2.31 bits per heavy atom. The van der Waals surface area contributed by atoms with E-state index in [4.69, 9.17) is 14.3 Å². The highest BCUT2D eigenvalue weighted by Gasteiger charge is 2.37.